The summed E-state index contributed by atoms with van der Waals surface area (Å²) < 4.78 is 35.0. The number of ether oxygens (including phenoxy) is 4. The first-order valence-corrected chi connectivity index (χ1v) is 6.65. The van der Waals surface area contributed by atoms with E-state index in [2.05, 4.69) is 0 Å². The van der Waals surface area contributed by atoms with Crippen LogP contribution in [-0.2, 0) is 4.74 Å². The molecule has 0 unspecified atom stereocenters. The number of rotatable bonds is 5. The molecule has 0 saturated carbocycles. The van der Waals surface area contributed by atoms with Gasteiger partial charge in [0.15, 0.2) is 11.5 Å². The van der Waals surface area contributed by atoms with Crippen LogP contribution in [0.25, 0.3) is 0 Å². The van der Waals surface area contributed by atoms with Gasteiger partial charge in [0, 0.05) is 19.9 Å². The molecule has 1 aliphatic rings. The second kappa shape index (κ2) is 6.01. The van der Waals surface area contributed by atoms with E-state index in [1.165, 1.54) is 13.8 Å². The zero-order valence-corrected chi connectivity index (χ0v) is 12.4. The minimum Gasteiger partial charge on any atom is -0.490 e. The summed E-state index contributed by atoms with van der Waals surface area (Å²) in [6.07, 6.45) is 0. The molecule has 0 bridgehead atoms. The zero-order valence-electron chi connectivity index (χ0n) is 12.4. The van der Waals surface area contributed by atoms with Gasteiger partial charge in [-0.3, -0.25) is 0 Å². The van der Waals surface area contributed by atoms with E-state index in [0.29, 0.717) is 0 Å². The molecule has 0 aliphatic carbocycles. The van der Waals surface area contributed by atoms with Crippen molar-refractivity contribution in [2.75, 3.05) is 13.1 Å². The topological polar surface area (TPSA) is 94.5 Å². The van der Waals surface area contributed by atoms with Crippen molar-refractivity contribution in [2.24, 2.45) is 0 Å². The molecule has 0 amide bonds. The number of halogens is 1. The van der Waals surface area contributed by atoms with Gasteiger partial charge in [0.05, 0.1) is 6.61 Å². The first-order valence-electron chi connectivity index (χ1n) is 6.65. The molecule has 120 valence electrons. The molecule has 9 heteroatoms. The van der Waals surface area contributed by atoms with Crippen molar-refractivity contribution in [1.29, 1.82) is 0 Å². The van der Waals surface area contributed by atoms with Crippen molar-refractivity contribution >= 4 is 13.1 Å². The van der Waals surface area contributed by atoms with Crippen LogP contribution in [0.1, 0.15) is 31.1 Å². The maximum atomic E-state index is 14.1. The predicted molar refractivity (Wildman–Crippen MR) is 73.4 cm³/mol. The van der Waals surface area contributed by atoms with E-state index in [-0.39, 0.29) is 23.9 Å². The zero-order chi connectivity index (χ0) is 16.5. The van der Waals surface area contributed by atoms with Gasteiger partial charge < -0.3 is 29.0 Å². The Morgan fingerprint density at radius 2 is 2.00 bits per heavy atom. The predicted octanol–water partition coefficient (Wildman–Crippen LogP) is 0.900. The Balaban J connectivity index is 2.57. The number of carbonyl (C=O) groups excluding carboxylic acids is 1. The Hall–Kier alpha value is -2.00. The smallest absolute Gasteiger partial charge is 0.490 e. The minimum absolute atomic E-state index is 0.00935. The van der Waals surface area contributed by atoms with E-state index >= 15 is 0 Å². The molecule has 0 aromatic heterocycles. The van der Waals surface area contributed by atoms with Gasteiger partial charge >= 0.3 is 13.1 Å². The summed E-state index contributed by atoms with van der Waals surface area (Å²) in [7, 11) is -1.75. The molecule has 1 aliphatic heterocycles. The van der Waals surface area contributed by atoms with E-state index in [1.54, 1.807) is 6.92 Å². The number of benzene rings is 1. The molecule has 22 heavy (non-hydrogen) atoms. The van der Waals surface area contributed by atoms with Crippen LogP contribution < -0.4 is 14.2 Å². The Morgan fingerprint density at radius 3 is 2.59 bits per heavy atom. The first kappa shape index (κ1) is 16.4. The molecular weight excluding hydrogens is 298 g/mol. The maximum Gasteiger partial charge on any atom is 0.491 e. The number of hydrogen-bond donors (Lipinski definition) is 2. The summed E-state index contributed by atoms with van der Waals surface area (Å²) in [5, 5.41) is 17.9. The SMILES string of the molecule is CCOc1cc(F)c2c(c1OCB(O)O)OC(C)(C)OC2=O. The van der Waals surface area contributed by atoms with Crippen LogP contribution in [0.2, 0.25) is 0 Å². The summed E-state index contributed by atoms with van der Waals surface area (Å²) in [6.45, 7) is 4.34. The first-order chi connectivity index (χ1) is 10.2. The van der Waals surface area contributed by atoms with Crippen LogP contribution >= 0.6 is 0 Å². The molecule has 1 aromatic carbocycles. The highest BCUT2D eigenvalue weighted by atomic mass is 19.1. The molecule has 7 nitrogen and oxygen atoms in total. The Labute approximate surface area is 126 Å². The fourth-order valence-corrected chi connectivity index (χ4v) is 1.97. The van der Waals surface area contributed by atoms with Crippen molar-refractivity contribution in [3.05, 3.63) is 17.4 Å². The summed E-state index contributed by atoms with van der Waals surface area (Å²) in [4.78, 5) is 11.9. The highest BCUT2D eigenvalue weighted by Crippen LogP contribution is 2.46. The molecule has 0 saturated heterocycles. The number of esters is 1. The molecule has 0 radical (unpaired) electrons. The van der Waals surface area contributed by atoms with Gasteiger partial charge in [-0.15, -0.1) is 0 Å². The van der Waals surface area contributed by atoms with Gasteiger partial charge in [0.25, 0.3) is 0 Å². The molecule has 1 aromatic rings. The normalized spacial score (nSPS) is 15.5. The third-order valence-electron chi connectivity index (χ3n) is 2.72. The number of carbonyl (C=O) groups is 1. The lowest BCUT2D eigenvalue weighted by molar-refractivity contribution is -0.129. The van der Waals surface area contributed by atoms with Crippen molar-refractivity contribution < 1.29 is 38.2 Å². The van der Waals surface area contributed by atoms with E-state index in [1.807, 2.05) is 0 Å². The standard InChI is InChI=1S/C13H16BFO7/c1-4-19-8-5-7(15)9-11(10(8)20-6-14(17)18)21-13(2,3)22-12(9)16/h5,17-18H,4,6H2,1-3H3. The lowest BCUT2D eigenvalue weighted by Crippen LogP contribution is -2.39. The molecule has 0 atom stereocenters. The molecule has 2 N–H and O–H groups in total. The van der Waals surface area contributed by atoms with Gasteiger partial charge in [0.2, 0.25) is 11.5 Å². The monoisotopic (exact) mass is 314 g/mol. The lowest BCUT2D eigenvalue weighted by Gasteiger charge is -2.33. The Morgan fingerprint density at radius 1 is 1.32 bits per heavy atom. The summed E-state index contributed by atoms with van der Waals surface area (Å²) >= 11 is 0. The molecule has 2 rings (SSSR count). The van der Waals surface area contributed by atoms with Crippen LogP contribution in [0.3, 0.4) is 0 Å². The number of hydrogen-bond acceptors (Lipinski definition) is 7. The van der Waals surface area contributed by atoms with Gasteiger partial charge in [-0.1, -0.05) is 0 Å². The maximum absolute atomic E-state index is 14.1. The third-order valence-corrected chi connectivity index (χ3v) is 2.72. The third kappa shape index (κ3) is 3.25. The molecular formula is C13H16BFO7. The highest BCUT2D eigenvalue weighted by Gasteiger charge is 2.40. The molecule has 0 spiro atoms. The minimum atomic E-state index is -1.75. The van der Waals surface area contributed by atoms with Gasteiger partial charge in [-0.25, -0.2) is 9.18 Å². The average molecular weight is 314 g/mol. The van der Waals surface area contributed by atoms with E-state index in [0.717, 1.165) is 6.07 Å². The summed E-state index contributed by atoms with van der Waals surface area (Å²) in [6, 6.07) is 0.963. The fraction of sp³-hybridized carbons (Fsp3) is 0.462. The van der Waals surface area contributed by atoms with Crippen LogP contribution in [0.5, 0.6) is 17.2 Å². The van der Waals surface area contributed by atoms with Crippen molar-refractivity contribution in [1.82, 2.24) is 0 Å². The van der Waals surface area contributed by atoms with Crippen molar-refractivity contribution in [3.63, 3.8) is 0 Å². The molecule has 0 fully saturated rings. The Kier molecular flexibility index (Phi) is 4.48. The van der Waals surface area contributed by atoms with Gasteiger partial charge in [-0.05, 0) is 6.92 Å². The van der Waals surface area contributed by atoms with Crippen LogP contribution in [0.15, 0.2) is 6.07 Å². The second-order valence-electron chi connectivity index (χ2n) is 5.01. The number of cyclic esters (lactones) is 1. The van der Waals surface area contributed by atoms with Gasteiger partial charge in [0.1, 0.15) is 17.9 Å². The van der Waals surface area contributed by atoms with Crippen LogP contribution in [-0.4, -0.2) is 42.0 Å². The van der Waals surface area contributed by atoms with Crippen LogP contribution in [0.4, 0.5) is 4.39 Å². The largest absolute Gasteiger partial charge is 0.491 e. The van der Waals surface area contributed by atoms with Crippen LogP contribution in [0, 0.1) is 5.82 Å². The highest BCUT2D eigenvalue weighted by molar-refractivity contribution is 6.40. The quantitative estimate of drug-likeness (QED) is 0.616. The number of fused-ring (bicyclic) bond motifs is 1. The van der Waals surface area contributed by atoms with E-state index < -0.39 is 36.8 Å². The van der Waals surface area contributed by atoms with Crippen molar-refractivity contribution in [2.45, 2.75) is 26.6 Å². The average Bonchev–Trinajstić information content (AvgIpc) is 2.35. The van der Waals surface area contributed by atoms with E-state index in [4.69, 9.17) is 29.0 Å². The summed E-state index contributed by atoms with van der Waals surface area (Å²) in [5.41, 5.74) is -0.426. The Bertz CT molecular complexity index is 588. The fourth-order valence-electron chi connectivity index (χ4n) is 1.97. The molecule has 1 heterocycles. The van der Waals surface area contributed by atoms with Gasteiger partial charge in [-0.2, -0.15) is 0 Å². The second-order valence-corrected chi connectivity index (χ2v) is 5.01. The lowest BCUT2D eigenvalue weighted by atomic mass is 9.95. The van der Waals surface area contributed by atoms with Crippen molar-refractivity contribution in [3.8, 4) is 17.2 Å². The van der Waals surface area contributed by atoms with E-state index in [9.17, 15) is 9.18 Å². The summed E-state index contributed by atoms with van der Waals surface area (Å²) in [5.74, 6) is -3.39.